The fraction of sp³-hybridized carbons (Fsp3) is 1.00. The second-order valence-electron chi connectivity index (χ2n) is 15.1. The number of rotatable bonds is 2. The predicted molar refractivity (Wildman–Crippen MR) is 132 cm³/mol. The molecule has 11 atom stereocenters. The van der Waals surface area contributed by atoms with Crippen molar-refractivity contribution in [3.05, 3.63) is 0 Å². The zero-order valence-corrected chi connectivity index (χ0v) is 22.2. The summed E-state index contributed by atoms with van der Waals surface area (Å²) >= 11 is 0. The van der Waals surface area contributed by atoms with Crippen molar-refractivity contribution in [3.63, 3.8) is 0 Å². The Morgan fingerprint density at radius 3 is 2.16 bits per heavy atom. The number of fused-ring (bicyclic) bond motifs is 7. The van der Waals surface area contributed by atoms with Gasteiger partial charge in [-0.25, -0.2) is 0 Å². The van der Waals surface area contributed by atoms with E-state index in [1.807, 2.05) is 0 Å². The van der Waals surface area contributed by atoms with Gasteiger partial charge in [0.15, 0.2) is 0 Å². The third-order valence-electron chi connectivity index (χ3n) is 13.9. The molecule has 5 saturated carbocycles. The molecular formula is C30H52O2. The molecule has 0 aromatic carbocycles. The number of hydrogen-bond donors (Lipinski definition) is 2. The summed E-state index contributed by atoms with van der Waals surface area (Å²) in [4.78, 5) is 0. The molecule has 5 aliphatic rings. The van der Waals surface area contributed by atoms with Crippen LogP contribution in [0.5, 0.6) is 0 Å². The molecule has 32 heavy (non-hydrogen) atoms. The summed E-state index contributed by atoms with van der Waals surface area (Å²) in [6, 6.07) is 0. The lowest BCUT2D eigenvalue weighted by Crippen LogP contribution is -2.66. The topological polar surface area (TPSA) is 40.5 Å². The molecule has 0 aromatic heterocycles. The monoisotopic (exact) mass is 444 g/mol. The third-order valence-corrected chi connectivity index (χ3v) is 13.9. The predicted octanol–water partition coefficient (Wildman–Crippen LogP) is 7.08. The highest BCUT2D eigenvalue weighted by Gasteiger charge is 2.70. The summed E-state index contributed by atoms with van der Waals surface area (Å²) in [6.45, 7) is 18.1. The first-order valence-electron chi connectivity index (χ1n) is 14.1. The maximum atomic E-state index is 10.9. The van der Waals surface area contributed by atoms with Crippen LogP contribution in [0.4, 0.5) is 0 Å². The highest BCUT2D eigenvalue weighted by atomic mass is 16.3. The average Bonchev–Trinajstić information content (AvgIpc) is 3.09. The molecule has 5 rings (SSSR count). The van der Waals surface area contributed by atoms with E-state index in [-0.39, 0.29) is 11.5 Å². The summed E-state index contributed by atoms with van der Waals surface area (Å²) in [5.74, 6) is 4.23. The largest absolute Gasteiger partial charge is 0.396 e. The molecule has 184 valence electrons. The first-order chi connectivity index (χ1) is 14.8. The molecule has 0 bridgehead atoms. The Kier molecular flexibility index (Phi) is 5.34. The molecule has 2 nitrogen and oxygen atoms in total. The van der Waals surface area contributed by atoms with Gasteiger partial charge in [-0.3, -0.25) is 0 Å². The quantitative estimate of drug-likeness (QED) is 0.478. The minimum Gasteiger partial charge on any atom is -0.396 e. The summed E-state index contributed by atoms with van der Waals surface area (Å²) in [5, 5.41) is 21.0. The van der Waals surface area contributed by atoms with Crippen LogP contribution in [-0.4, -0.2) is 22.9 Å². The van der Waals surface area contributed by atoms with E-state index in [4.69, 9.17) is 0 Å². The van der Waals surface area contributed by atoms with E-state index in [1.165, 1.54) is 57.8 Å². The van der Waals surface area contributed by atoms with Crippen molar-refractivity contribution < 1.29 is 10.2 Å². The van der Waals surface area contributed by atoms with E-state index < -0.39 is 0 Å². The van der Waals surface area contributed by atoms with Gasteiger partial charge >= 0.3 is 0 Å². The number of aliphatic hydroxyl groups excluding tert-OH is 2. The van der Waals surface area contributed by atoms with Crippen molar-refractivity contribution in [2.45, 2.75) is 119 Å². The Morgan fingerprint density at radius 2 is 1.47 bits per heavy atom. The average molecular weight is 445 g/mol. The van der Waals surface area contributed by atoms with E-state index >= 15 is 0 Å². The van der Waals surface area contributed by atoms with Crippen LogP contribution in [0.1, 0.15) is 113 Å². The van der Waals surface area contributed by atoms with Crippen molar-refractivity contribution in [1.29, 1.82) is 0 Å². The van der Waals surface area contributed by atoms with Gasteiger partial charge < -0.3 is 10.2 Å². The van der Waals surface area contributed by atoms with Gasteiger partial charge in [-0.05, 0) is 127 Å². The minimum atomic E-state index is -0.133. The molecule has 5 fully saturated rings. The van der Waals surface area contributed by atoms with E-state index in [0.717, 1.165) is 24.2 Å². The van der Waals surface area contributed by atoms with Crippen molar-refractivity contribution >= 4 is 0 Å². The Bertz CT molecular complexity index is 745. The maximum absolute atomic E-state index is 10.9. The van der Waals surface area contributed by atoms with Crippen LogP contribution in [0.15, 0.2) is 0 Å². The van der Waals surface area contributed by atoms with E-state index in [2.05, 4.69) is 48.5 Å². The summed E-state index contributed by atoms with van der Waals surface area (Å²) in [6.07, 6.45) is 13.0. The molecule has 7 unspecified atom stereocenters. The van der Waals surface area contributed by atoms with Crippen LogP contribution in [0.25, 0.3) is 0 Å². The van der Waals surface area contributed by atoms with Crippen LogP contribution >= 0.6 is 0 Å². The van der Waals surface area contributed by atoms with E-state index in [0.29, 0.717) is 46.0 Å². The lowest BCUT2D eigenvalue weighted by Gasteiger charge is -2.73. The van der Waals surface area contributed by atoms with Crippen molar-refractivity contribution in [3.8, 4) is 0 Å². The first kappa shape index (κ1) is 23.7. The highest BCUT2D eigenvalue weighted by molar-refractivity contribution is 5.19. The van der Waals surface area contributed by atoms with Gasteiger partial charge in [0.05, 0.1) is 6.10 Å². The van der Waals surface area contributed by atoms with Crippen LogP contribution in [0.2, 0.25) is 0 Å². The molecular weight excluding hydrogens is 392 g/mol. The first-order valence-corrected chi connectivity index (χ1v) is 14.1. The fourth-order valence-corrected chi connectivity index (χ4v) is 11.8. The molecule has 0 radical (unpaired) electrons. The van der Waals surface area contributed by atoms with Gasteiger partial charge in [0.25, 0.3) is 0 Å². The number of aliphatic hydroxyl groups is 2. The van der Waals surface area contributed by atoms with E-state index in [9.17, 15) is 10.2 Å². The van der Waals surface area contributed by atoms with Gasteiger partial charge in [-0.1, -0.05) is 48.5 Å². The molecule has 0 saturated heterocycles. The van der Waals surface area contributed by atoms with E-state index in [1.54, 1.807) is 0 Å². The third kappa shape index (κ3) is 2.78. The lowest BCUT2D eigenvalue weighted by molar-refractivity contribution is -0.248. The minimum absolute atomic E-state index is 0.0460. The SMILES string of the molecule is CC(CO)C1CC[C@]2(C)CC[C@]3(C)C(CCC4[C@@]5(C)CCC(O)C(C)(C)C5CC[C@]43C)C12. The smallest absolute Gasteiger partial charge is 0.0594 e. The van der Waals surface area contributed by atoms with Gasteiger partial charge in [0.2, 0.25) is 0 Å². The molecule has 0 spiro atoms. The van der Waals surface area contributed by atoms with Crippen molar-refractivity contribution in [1.82, 2.24) is 0 Å². The normalized spacial score (nSPS) is 57.7. The highest BCUT2D eigenvalue weighted by Crippen LogP contribution is 2.77. The van der Waals surface area contributed by atoms with Gasteiger partial charge in [0, 0.05) is 6.61 Å². The van der Waals surface area contributed by atoms with Gasteiger partial charge in [0.1, 0.15) is 0 Å². The Hall–Kier alpha value is -0.0800. The van der Waals surface area contributed by atoms with Gasteiger partial charge in [-0.2, -0.15) is 0 Å². The number of hydrogen-bond acceptors (Lipinski definition) is 2. The molecule has 0 amide bonds. The standard InChI is InChI=1S/C30H52O2/c1-19(18-31)20-10-13-27(4)16-17-29(6)21(25(20)27)8-9-23-28(5)14-12-24(32)26(2,3)22(28)11-15-30(23,29)7/h19-25,31-32H,8-18H2,1-7H3/t19?,20?,21?,22?,23?,24?,25?,27-,28+,29-,30-/m1/s1. The van der Waals surface area contributed by atoms with Crippen molar-refractivity contribution in [2.75, 3.05) is 6.61 Å². The summed E-state index contributed by atoms with van der Waals surface area (Å²) < 4.78 is 0. The van der Waals surface area contributed by atoms with Crippen LogP contribution in [-0.2, 0) is 0 Å². The zero-order valence-electron chi connectivity index (χ0n) is 22.2. The van der Waals surface area contributed by atoms with Gasteiger partial charge in [-0.15, -0.1) is 0 Å². The summed E-state index contributed by atoms with van der Waals surface area (Å²) in [7, 11) is 0. The van der Waals surface area contributed by atoms with Crippen LogP contribution in [0, 0.1) is 62.6 Å². The lowest BCUT2D eigenvalue weighted by atomic mass is 9.32. The van der Waals surface area contributed by atoms with Crippen molar-refractivity contribution in [2.24, 2.45) is 62.6 Å². The Balaban J connectivity index is 1.53. The summed E-state index contributed by atoms with van der Waals surface area (Å²) in [5.41, 5.74) is 1.75. The molecule has 2 heteroatoms. The molecule has 5 aliphatic carbocycles. The second kappa shape index (κ2) is 7.22. The maximum Gasteiger partial charge on any atom is 0.0594 e. The van der Waals surface area contributed by atoms with Crippen LogP contribution in [0.3, 0.4) is 0 Å². The fourth-order valence-electron chi connectivity index (χ4n) is 11.8. The second-order valence-corrected chi connectivity index (χ2v) is 15.1. The molecule has 0 aromatic rings. The molecule has 0 heterocycles. The Labute approximate surface area is 198 Å². The molecule has 2 N–H and O–H groups in total. The van der Waals surface area contributed by atoms with Crippen LogP contribution < -0.4 is 0 Å². The Morgan fingerprint density at radius 1 is 0.750 bits per heavy atom. The zero-order chi connectivity index (χ0) is 23.3. The molecule has 0 aliphatic heterocycles.